The number of nitrogens with two attached hydrogens (primary N) is 4. The van der Waals surface area contributed by atoms with E-state index in [-0.39, 0.29) is 25.8 Å². The van der Waals surface area contributed by atoms with E-state index in [4.69, 9.17) is 22.9 Å². The molecule has 75 heavy (non-hydrogen) atoms. The van der Waals surface area contributed by atoms with Gasteiger partial charge in [-0.1, -0.05) is 70.9 Å². The molecule has 0 bridgehead atoms. The molecule has 11 amide bonds. The van der Waals surface area contributed by atoms with E-state index in [0.717, 1.165) is 6.92 Å². The topological polar surface area (TPSA) is 478 Å². The number of aliphatic hydroxyl groups is 2. The Morgan fingerprint density at radius 3 is 1.43 bits per heavy atom. The number of primary amides is 2. The summed E-state index contributed by atoms with van der Waals surface area (Å²) in [6.45, 7) is 7.83. The van der Waals surface area contributed by atoms with E-state index >= 15 is 0 Å². The van der Waals surface area contributed by atoms with E-state index in [0.29, 0.717) is 24.8 Å². The summed E-state index contributed by atoms with van der Waals surface area (Å²) in [5, 5.41) is 50.9. The number of aliphatic hydroxyl groups excluding tert-OH is 2. The van der Waals surface area contributed by atoms with Gasteiger partial charge in [-0.25, -0.2) is 4.79 Å². The highest BCUT2D eigenvalue weighted by Gasteiger charge is 2.37. The minimum atomic E-state index is -1.78. The number of nitrogens with one attached hydrogen (secondary N) is 9. The van der Waals surface area contributed by atoms with Crippen molar-refractivity contribution in [3.05, 3.63) is 35.9 Å². The smallest absolute Gasteiger partial charge is 0.328 e. The van der Waals surface area contributed by atoms with Gasteiger partial charge in [-0.2, -0.15) is 0 Å². The Hall–Kier alpha value is -7.30. The van der Waals surface area contributed by atoms with Crippen molar-refractivity contribution in [3.63, 3.8) is 0 Å². The quantitative estimate of drug-likeness (QED) is 0.0281. The maximum atomic E-state index is 14.1. The van der Waals surface area contributed by atoms with E-state index in [9.17, 15) is 72.9 Å². The number of hydrogen-bond donors (Lipinski definition) is 16. The molecule has 20 N–H and O–H groups in total. The Morgan fingerprint density at radius 1 is 0.507 bits per heavy atom. The van der Waals surface area contributed by atoms with Crippen LogP contribution in [0.25, 0.3) is 0 Å². The van der Waals surface area contributed by atoms with Crippen LogP contribution >= 0.6 is 0 Å². The maximum Gasteiger partial charge on any atom is 0.328 e. The lowest BCUT2D eigenvalue weighted by atomic mass is 9.96. The summed E-state index contributed by atoms with van der Waals surface area (Å²) in [7, 11) is 0. The lowest BCUT2D eigenvalue weighted by molar-refractivity contribution is -0.145. The Morgan fingerprint density at radius 2 is 0.947 bits per heavy atom. The van der Waals surface area contributed by atoms with Crippen LogP contribution in [-0.2, 0) is 64.0 Å². The Balaban J connectivity index is 3.44. The van der Waals surface area contributed by atoms with E-state index in [1.54, 1.807) is 58.0 Å². The molecule has 0 spiro atoms. The van der Waals surface area contributed by atoms with Crippen molar-refractivity contribution in [2.45, 2.75) is 153 Å². The van der Waals surface area contributed by atoms with Gasteiger partial charge >= 0.3 is 5.97 Å². The van der Waals surface area contributed by atoms with Crippen LogP contribution in [0.5, 0.6) is 0 Å². The molecule has 0 unspecified atom stereocenters. The monoisotopic (exact) mass is 1060 g/mol. The second-order valence-electron chi connectivity index (χ2n) is 18.1. The SMILES string of the molecule is CC[C@H](C)[C@H](NC(=O)[C@H](CCCCN)NC(=O)CNC(=O)[C@H](CC(N)=O)NC(=O)[C@H](Cc1ccccc1)NC(=O)[C@H](CC(N)=O)NC(=O)[C@@H](NC(=O)[C@@H](NC(=O)CN)[C@@H](C)O)[C@@H](C)CC)C(=O)N[C@H](C(=O)O)[C@@H](C)O. The fourth-order valence-corrected chi connectivity index (χ4v) is 7.15. The number of carboxylic acids is 1. The number of rotatable bonds is 35. The summed E-state index contributed by atoms with van der Waals surface area (Å²) in [5.41, 5.74) is 22.3. The first kappa shape index (κ1) is 65.7. The molecule has 420 valence electrons. The van der Waals surface area contributed by atoms with Crippen LogP contribution in [0.15, 0.2) is 30.3 Å². The van der Waals surface area contributed by atoms with Crippen molar-refractivity contribution in [1.29, 1.82) is 0 Å². The summed E-state index contributed by atoms with van der Waals surface area (Å²) in [5.74, 6) is -13.7. The van der Waals surface area contributed by atoms with Gasteiger partial charge in [0.1, 0.15) is 42.3 Å². The standard InChI is InChI=1S/C47H77N13O15/c1-7-23(3)36(59-46(73)38(25(5)61)57-34(65)21-49)44(71)56-31(20-33(51)64)43(70)54-29(18-27-14-10-9-11-15-27)42(69)55-30(19-32(50)63)40(67)52-22-35(66)53-28(16-12-13-17-48)41(68)58-37(24(4)8-2)45(72)60-39(26(6)62)47(74)75/h9-11,14-15,23-26,28-31,36-39,61-62H,7-8,12-13,16-22,48-49H2,1-6H3,(H2,50,63)(H2,51,64)(H,52,67)(H,53,66)(H,54,70)(H,55,69)(H,56,71)(H,57,65)(H,58,68)(H,59,73)(H,60,72)(H,74,75)/t23-,24-,25+,26+,28-,29-,30-,31-,36-,37-,38-,39-/m0/s1. The van der Waals surface area contributed by atoms with Crippen LogP contribution in [0.2, 0.25) is 0 Å². The predicted molar refractivity (Wildman–Crippen MR) is 268 cm³/mol. The molecule has 1 rings (SSSR count). The van der Waals surface area contributed by atoms with Gasteiger partial charge in [-0.05, 0) is 57.1 Å². The van der Waals surface area contributed by atoms with Crippen LogP contribution in [-0.4, -0.2) is 166 Å². The van der Waals surface area contributed by atoms with Crippen molar-refractivity contribution in [2.75, 3.05) is 19.6 Å². The average Bonchev–Trinajstić information content (AvgIpc) is 3.35. The number of carbonyl (C=O) groups is 12. The zero-order valence-electron chi connectivity index (χ0n) is 43.1. The highest BCUT2D eigenvalue weighted by Crippen LogP contribution is 2.13. The summed E-state index contributed by atoms with van der Waals surface area (Å²) < 4.78 is 0. The highest BCUT2D eigenvalue weighted by molar-refractivity contribution is 6.00. The van der Waals surface area contributed by atoms with Crippen LogP contribution in [0.4, 0.5) is 0 Å². The molecular weight excluding hydrogens is 987 g/mol. The van der Waals surface area contributed by atoms with Crippen LogP contribution in [0.3, 0.4) is 0 Å². The Labute approximate surface area is 434 Å². The summed E-state index contributed by atoms with van der Waals surface area (Å²) in [4.78, 5) is 157. The summed E-state index contributed by atoms with van der Waals surface area (Å²) >= 11 is 0. The lowest BCUT2D eigenvalue weighted by Gasteiger charge is -2.29. The van der Waals surface area contributed by atoms with Crippen molar-refractivity contribution >= 4 is 70.9 Å². The second kappa shape index (κ2) is 33.5. The van der Waals surface area contributed by atoms with Gasteiger partial charge in [-0.15, -0.1) is 0 Å². The van der Waals surface area contributed by atoms with Gasteiger partial charge in [0.2, 0.25) is 65.0 Å². The summed E-state index contributed by atoms with van der Waals surface area (Å²) in [6.07, 6.45) is -3.51. The van der Waals surface area contributed by atoms with Gasteiger partial charge in [0.15, 0.2) is 6.04 Å². The first-order valence-electron chi connectivity index (χ1n) is 24.5. The van der Waals surface area contributed by atoms with Gasteiger partial charge in [0.05, 0.1) is 38.1 Å². The normalized spacial score (nSPS) is 15.8. The minimum Gasteiger partial charge on any atom is -0.480 e. The molecule has 0 aromatic heterocycles. The fourth-order valence-electron chi connectivity index (χ4n) is 7.15. The van der Waals surface area contributed by atoms with Crippen molar-refractivity contribution in [2.24, 2.45) is 34.8 Å². The van der Waals surface area contributed by atoms with Crippen molar-refractivity contribution in [3.8, 4) is 0 Å². The number of aliphatic carboxylic acids is 1. The maximum absolute atomic E-state index is 14.1. The molecule has 0 heterocycles. The predicted octanol–water partition coefficient (Wildman–Crippen LogP) is -6.00. The molecule has 0 saturated heterocycles. The third-order valence-electron chi connectivity index (χ3n) is 11.9. The molecule has 12 atom stereocenters. The van der Waals surface area contributed by atoms with Gasteiger partial charge < -0.3 is 86.1 Å². The Kier molecular flexibility index (Phi) is 29.4. The molecule has 0 fully saturated rings. The minimum absolute atomic E-state index is 0.00223. The van der Waals surface area contributed by atoms with Crippen molar-refractivity contribution in [1.82, 2.24) is 47.9 Å². The molecule has 0 aliphatic carbocycles. The Bertz CT molecular complexity index is 2130. The molecule has 0 saturated carbocycles. The largest absolute Gasteiger partial charge is 0.480 e. The number of carboxylic acid groups (broad SMARTS) is 1. The third-order valence-corrected chi connectivity index (χ3v) is 11.9. The van der Waals surface area contributed by atoms with E-state index in [2.05, 4.69) is 47.9 Å². The molecule has 1 aromatic carbocycles. The highest BCUT2D eigenvalue weighted by atomic mass is 16.4. The van der Waals surface area contributed by atoms with Crippen LogP contribution < -0.4 is 70.8 Å². The molecule has 0 aliphatic rings. The number of hydrogen-bond acceptors (Lipinski definition) is 16. The fraction of sp³-hybridized carbons (Fsp3) is 0.617. The number of carbonyl (C=O) groups excluding carboxylic acids is 11. The first-order valence-corrected chi connectivity index (χ1v) is 24.5. The average molecular weight is 1060 g/mol. The first-order chi connectivity index (χ1) is 35.2. The molecule has 28 nitrogen and oxygen atoms in total. The molecular formula is C47H77N13O15. The number of amides is 11. The molecule has 0 aliphatic heterocycles. The molecule has 0 radical (unpaired) electrons. The van der Waals surface area contributed by atoms with Crippen LogP contribution in [0.1, 0.15) is 92.1 Å². The number of benzene rings is 1. The van der Waals surface area contributed by atoms with Gasteiger partial charge in [-0.3, -0.25) is 52.7 Å². The van der Waals surface area contributed by atoms with Crippen molar-refractivity contribution < 1.29 is 72.9 Å². The van der Waals surface area contributed by atoms with E-state index in [1.165, 1.54) is 6.92 Å². The second-order valence-corrected chi connectivity index (χ2v) is 18.1. The lowest BCUT2D eigenvalue weighted by Crippen LogP contribution is -2.62. The molecule has 1 aromatic rings. The van der Waals surface area contributed by atoms with Crippen LogP contribution in [0, 0.1) is 11.8 Å². The van der Waals surface area contributed by atoms with E-state index in [1.807, 2.05) is 0 Å². The number of unbranched alkanes of at least 4 members (excludes halogenated alkanes) is 1. The zero-order chi connectivity index (χ0) is 57.1. The third kappa shape index (κ3) is 23.6. The molecule has 28 heteroatoms. The van der Waals surface area contributed by atoms with E-state index < -0.39 is 169 Å². The summed E-state index contributed by atoms with van der Waals surface area (Å²) in [6, 6.07) is -4.39. The zero-order valence-corrected chi connectivity index (χ0v) is 43.1. The van der Waals surface area contributed by atoms with Gasteiger partial charge in [0.25, 0.3) is 0 Å². The van der Waals surface area contributed by atoms with Gasteiger partial charge in [0, 0.05) is 6.42 Å².